The topological polar surface area (TPSA) is 9.23 Å². The van der Waals surface area contributed by atoms with E-state index in [0.29, 0.717) is 0 Å². The summed E-state index contributed by atoms with van der Waals surface area (Å²) in [6, 6.07) is 0. The van der Waals surface area contributed by atoms with Crippen LogP contribution in [0.5, 0.6) is 0 Å². The Morgan fingerprint density at radius 1 is 0.882 bits per heavy atom. The third-order valence-corrected chi connectivity index (χ3v) is 1.60. The van der Waals surface area contributed by atoms with Crippen LogP contribution in [0.3, 0.4) is 0 Å². The quantitative estimate of drug-likeness (QED) is 0.563. The minimum Gasteiger partial charge on any atom is -0.288 e. The molecule has 0 N–H and O–H groups in total. The molecule has 10 heteroatoms. The molecule has 0 amide bonds. The van der Waals surface area contributed by atoms with E-state index in [1.807, 2.05) is 0 Å². The van der Waals surface area contributed by atoms with Crippen molar-refractivity contribution in [1.82, 2.24) is 0 Å². The zero-order valence-corrected chi connectivity index (χ0v) is 7.80. The number of alkyl halides is 9. The standard InChI is InChI=1S/C7H5F9O/c1-2-4(6(11,12)13,7(14,15)16)17-5(9,10)3-8/h2H,1,3H2. The molecule has 0 unspecified atom stereocenters. The van der Waals surface area contributed by atoms with E-state index in [1.54, 1.807) is 0 Å². The molecule has 0 aromatic heterocycles. The van der Waals surface area contributed by atoms with E-state index in [2.05, 4.69) is 11.3 Å². The molecule has 0 rings (SSSR count). The summed E-state index contributed by atoms with van der Waals surface area (Å²) in [5.41, 5.74) is -5.32. The average Bonchev–Trinajstić information content (AvgIpc) is 2.10. The van der Waals surface area contributed by atoms with Gasteiger partial charge in [-0.05, 0) is 6.08 Å². The van der Waals surface area contributed by atoms with Crippen LogP contribution >= 0.6 is 0 Å². The molecule has 0 aliphatic rings. The molecule has 0 saturated carbocycles. The molecular weight excluding hydrogens is 271 g/mol. The maximum atomic E-state index is 12.3. The van der Waals surface area contributed by atoms with Gasteiger partial charge >= 0.3 is 18.5 Å². The first kappa shape index (κ1) is 16.1. The molecule has 0 bridgehead atoms. The van der Waals surface area contributed by atoms with Crippen molar-refractivity contribution in [1.29, 1.82) is 0 Å². The third kappa shape index (κ3) is 3.05. The van der Waals surface area contributed by atoms with Crippen LogP contribution in [0.4, 0.5) is 39.5 Å². The lowest BCUT2D eigenvalue weighted by atomic mass is 10.0. The molecule has 0 aromatic rings. The molecule has 0 aromatic carbocycles. The lowest BCUT2D eigenvalue weighted by molar-refractivity contribution is -0.422. The van der Waals surface area contributed by atoms with Crippen LogP contribution in [0.2, 0.25) is 0 Å². The SMILES string of the molecule is C=CC(OC(F)(F)CF)(C(F)(F)F)C(F)(F)F. The Morgan fingerprint density at radius 2 is 1.24 bits per heavy atom. The van der Waals surface area contributed by atoms with Gasteiger partial charge in [-0.1, -0.05) is 6.58 Å². The van der Waals surface area contributed by atoms with Crippen LogP contribution in [0.15, 0.2) is 12.7 Å². The molecule has 0 heterocycles. The monoisotopic (exact) mass is 276 g/mol. The van der Waals surface area contributed by atoms with Crippen LogP contribution in [-0.4, -0.2) is 30.7 Å². The van der Waals surface area contributed by atoms with Gasteiger partial charge in [0, 0.05) is 0 Å². The Balaban J connectivity index is 5.63. The molecular formula is C7H5F9O. The summed E-state index contributed by atoms with van der Waals surface area (Å²) in [6.45, 7) is -0.675. The van der Waals surface area contributed by atoms with Crippen molar-refractivity contribution >= 4 is 0 Å². The molecule has 0 atom stereocenters. The highest BCUT2D eigenvalue weighted by atomic mass is 19.4. The molecule has 17 heavy (non-hydrogen) atoms. The van der Waals surface area contributed by atoms with Gasteiger partial charge in [-0.25, -0.2) is 4.39 Å². The van der Waals surface area contributed by atoms with Gasteiger partial charge in [-0.15, -0.1) is 0 Å². The Labute approximate surface area is 88.8 Å². The number of hydrogen-bond donors (Lipinski definition) is 0. The summed E-state index contributed by atoms with van der Waals surface area (Å²) >= 11 is 0. The molecule has 0 spiro atoms. The molecule has 1 nitrogen and oxygen atoms in total. The fourth-order valence-electron chi connectivity index (χ4n) is 0.812. The second-order valence-corrected chi connectivity index (χ2v) is 2.81. The van der Waals surface area contributed by atoms with E-state index in [0.717, 1.165) is 0 Å². The summed E-state index contributed by atoms with van der Waals surface area (Å²) in [5, 5.41) is 0. The second kappa shape index (κ2) is 4.39. The summed E-state index contributed by atoms with van der Waals surface area (Å²) in [4.78, 5) is 0. The van der Waals surface area contributed by atoms with E-state index >= 15 is 0 Å². The fraction of sp³-hybridized carbons (Fsp3) is 0.714. The lowest BCUT2D eigenvalue weighted by Gasteiger charge is -2.36. The van der Waals surface area contributed by atoms with Crippen molar-refractivity contribution in [3.05, 3.63) is 12.7 Å². The van der Waals surface area contributed by atoms with E-state index in [9.17, 15) is 39.5 Å². The Hall–Kier alpha value is -0.930. The molecule has 0 fully saturated rings. The fourth-order valence-corrected chi connectivity index (χ4v) is 0.812. The van der Waals surface area contributed by atoms with Crippen molar-refractivity contribution in [3.8, 4) is 0 Å². The number of rotatable bonds is 4. The van der Waals surface area contributed by atoms with E-state index in [4.69, 9.17) is 0 Å². The van der Waals surface area contributed by atoms with Gasteiger partial charge in [0.15, 0.2) is 6.67 Å². The average molecular weight is 276 g/mol. The molecule has 0 aliphatic heterocycles. The molecule has 0 radical (unpaired) electrons. The maximum absolute atomic E-state index is 12.3. The van der Waals surface area contributed by atoms with Gasteiger partial charge in [-0.2, -0.15) is 35.1 Å². The van der Waals surface area contributed by atoms with Crippen LogP contribution < -0.4 is 0 Å². The molecule has 0 aliphatic carbocycles. The molecule has 102 valence electrons. The Kier molecular flexibility index (Phi) is 4.15. The van der Waals surface area contributed by atoms with Crippen molar-refractivity contribution < 1.29 is 44.3 Å². The first-order chi connectivity index (χ1) is 7.33. The second-order valence-electron chi connectivity index (χ2n) is 2.81. The summed E-state index contributed by atoms with van der Waals surface area (Å²) < 4.78 is 112. The number of ether oxygens (including phenoxy) is 1. The van der Waals surface area contributed by atoms with Crippen LogP contribution in [0.25, 0.3) is 0 Å². The van der Waals surface area contributed by atoms with Gasteiger partial charge in [-0.3, -0.25) is 4.74 Å². The van der Waals surface area contributed by atoms with Gasteiger partial charge in [0.1, 0.15) is 0 Å². The summed E-state index contributed by atoms with van der Waals surface area (Å²) in [6.07, 6.45) is -18.6. The first-order valence-electron chi connectivity index (χ1n) is 3.74. The smallest absolute Gasteiger partial charge is 0.288 e. The van der Waals surface area contributed by atoms with Crippen molar-refractivity contribution in [2.45, 2.75) is 24.1 Å². The first-order valence-corrected chi connectivity index (χ1v) is 3.74. The van der Waals surface area contributed by atoms with E-state index < -0.39 is 36.8 Å². The molecule has 0 saturated heterocycles. The zero-order valence-electron chi connectivity index (χ0n) is 7.80. The van der Waals surface area contributed by atoms with Gasteiger partial charge in [0.05, 0.1) is 0 Å². The minimum absolute atomic E-state index is 0.892. The van der Waals surface area contributed by atoms with E-state index in [-0.39, 0.29) is 0 Å². The van der Waals surface area contributed by atoms with Crippen LogP contribution in [0, 0.1) is 0 Å². The lowest BCUT2D eigenvalue weighted by Crippen LogP contribution is -2.60. The maximum Gasteiger partial charge on any atom is 0.430 e. The largest absolute Gasteiger partial charge is 0.430 e. The summed E-state index contributed by atoms with van der Waals surface area (Å²) in [7, 11) is 0. The predicted molar refractivity (Wildman–Crippen MR) is 37.0 cm³/mol. The zero-order chi connectivity index (χ0) is 14.1. The van der Waals surface area contributed by atoms with Gasteiger partial charge < -0.3 is 0 Å². The highest BCUT2D eigenvalue weighted by Crippen LogP contribution is 2.49. The van der Waals surface area contributed by atoms with Crippen LogP contribution in [0.1, 0.15) is 0 Å². The van der Waals surface area contributed by atoms with Gasteiger partial charge in [0.25, 0.3) is 5.60 Å². The Bertz CT molecular complexity index is 262. The van der Waals surface area contributed by atoms with Crippen molar-refractivity contribution in [2.24, 2.45) is 0 Å². The van der Waals surface area contributed by atoms with Crippen molar-refractivity contribution in [2.75, 3.05) is 6.67 Å². The third-order valence-electron chi connectivity index (χ3n) is 1.60. The van der Waals surface area contributed by atoms with Crippen molar-refractivity contribution in [3.63, 3.8) is 0 Å². The normalized spacial score (nSPS) is 14.9. The highest BCUT2D eigenvalue weighted by molar-refractivity contribution is 5.09. The Morgan fingerprint density at radius 3 is 1.41 bits per heavy atom. The van der Waals surface area contributed by atoms with Gasteiger partial charge in [0.2, 0.25) is 0 Å². The number of hydrogen-bond acceptors (Lipinski definition) is 1. The van der Waals surface area contributed by atoms with E-state index in [1.165, 1.54) is 0 Å². The number of halogens is 9. The van der Waals surface area contributed by atoms with Crippen LogP contribution in [-0.2, 0) is 4.74 Å². The minimum atomic E-state index is -6.26. The highest BCUT2D eigenvalue weighted by Gasteiger charge is 2.73. The summed E-state index contributed by atoms with van der Waals surface area (Å²) in [5.74, 6) is 0. The predicted octanol–water partition coefficient (Wildman–Crippen LogP) is 3.61.